The lowest BCUT2D eigenvalue weighted by Gasteiger charge is -2.27. The average Bonchev–Trinajstić information content (AvgIpc) is 3.86. The number of carboxylic acid groups (broad SMARTS) is 1. The number of carbonyl (C=O) groups is 9. The minimum Gasteiger partial charge on any atom is -0.508 e. The highest BCUT2D eigenvalue weighted by Crippen LogP contribution is 2.20. The average molecular weight is 1020 g/mol. The second kappa shape index (κ2) is 28.7. The van der Waals surface area contributed by atoms with Crippen molar-refractivity contribution in [2.45, 2.75) is 101 Å². The van der Waals surface area contributed by atoms with Gasteiger partial charge in [0.2, 0.25) is 47.3 Å². The summed E-state index contributed by atoms with van der Waals surface area (Å²) in [7, 11) is 0. The number of aliphatic hydroxyl groups excluding tert-OH is 2. The second-order valence-electron chi connectivity index (χ2n) is 17.7. The SMILES string of the molecule is CC(C)C[C@H](N)C(=O)N1CCC[C@H]1C(=O)NCC(=O)N[C@@H](CS)C(=O)N[C@@H](CO)C(=O)N[C@@H](Cc1ccccc1)C(=O)N[C@@H](CO)C(=O)N[C@@H](Cc1ccc(O)cc1)C(=O)N[C@@H](Cc1ccccc1)C(=O)O. The highest BCUT2D eigenvalue weighted by molar-refractivity contribution is 7.80. The lowest BCUT2D eigenvalue weighted by atomic mass is 10.0. The molecule has 1 heterocycles. The molecule has 0 bridgehead atoms. The molecule has 0 radical (unpaired) electrons. The van der Waals surface area contributed by atoms with Crippen LogP contribution in [0.25, 0.3) is 0 Å². The van der Waals surface area contributed by atoms with Gasteiger partial charge in [0.05, 0.1) is 25.8 Å². The fourth-order valence-corrected chi connectivity index (χ4v) is 8.04. The molecule has 3 aromatic rings. The van der Waals surface area contributed by atoms with Crippen LogP contribution >= 0.6 is 12.6 Å². The maximum absolute atomic E-state index is 14.0. The van der Waals surface area contributed by atoms with Crippen LogP contribution in [0.2, 0.25) is 0 Å². The van der Waals surface area contributed by atoms with Crippen molar-refractivity contribution in [2.75, 3.05) is 32.1 Å². The zero-order valence-corrected chi connectivity index (χ0v) is 40.9. The lowest BCUT2D eigenvalue weighted by molar-refractivity contribution is -0.142. The van der Waals surface area contributed by atoms with E-state index in [1.165, 1.54) is 29.2 Å². The van der Waals surface area contributed by atoms with E-state index in [-0.39, 0.29) is 42.6 Å². The zero-order valence-electron chi connectivity index (χ0n) is 40.0. The first-order valence-electron chi connectivity index (χ1n) is 23.4. The number of carbonyl (C=O) groups excluding carboxylic acids is 8. The van der Waals surface area contributed by atoms with Crippen LogP contribution in [-0.2, 0) is 62.4 Å². The number of amides is 8. The van der Waals surface area contributed by atoms with Crippen molar-refractivity contribution in [1.82, 2.24) is 42.1 Å². The highest BCUT2D eigenvalue weighted by atomic mass is 32.1. The van der Waals surface area contributed by atoms with Crippen molar-refractivity contribution in [3.63, 3.8) is 0 Å². The molecule has 0 saturated carbocycles. The lowest BCUT2D eigenvalue weighted by Crippen LogP contribution is -2.61. The van der Waals surface area contributed by atoms with Gasteiger partial charge < -0.3 is 68.3 Å². The van der Waals surface area contributed by atoms with Crippen LogP contribution in [0.1, 0.15) is 49.8 Å². The molecule has 0 spiro atoms. The fraction of sp³-hybridized carbons (Fsp3) is 0.449. The number of thiol groups is 1. The van der Waals surface area contributed by atoms with Crippen LogP contribution in [0.3, 0.4) is 0 Å². The Labute approximate surface area is 422 Å². The third-order valence-electron chi connectivity index (χ3n) is 11.6. The summed E-state index contributed by atoms with van der Waals surface area (Å²) in [6.07, 6.45) is 0.842. The van der Waals surface area contributed by atoms with Gasteiger partial charge in [0.1, 0.15) is 48.0 Å². The smallest absolute Gasteiger partial charge is 0.326 e. The van der Waals surface area contributed by atoms with Gasteiger partial charge in [-0.25, -0.2) is 4.79 Å². The standard InChI is InChI=1S/C49H65N9O13S/c1-28(2)20-33(50)48(69)58-19-9-14-40(58)47(68)51-24-41(62)52-39(27-72)46(67)57-38(26-60)45(66)53-34(21-29-10-5-3-6-11-29)43(64)56-37(25-59)44(65)54-35(22-31-15-17-32(61)18-16-31)42(63)55-36(49(70)71)23-30-12-7-4-8-13-30/h3-8,10-13,15-18,28,33-40,59-61,72H,9,14,19-27,50H2,1-2H3,(H,51,68)(H,52,62)(H,53,66)(H,54,65)(H,55,63)(H,56,64)(H,57,67)(H,70,71)/t33-,34-,35-,36-,37-,38-,39-,40-/m0/s1. The molecule has 8 atom stereocenters. The normalized spacial score (nSPS) is 16.1. The number of nitrogens with two attached hydrogens (primary N) is 1. The van der Waals surface area contributed by atoms with Crippen molar-refractivity contribution in [3.8, 4) is 5.75 Å². The number of hydrogen-bond donors (Lipinski definition) is 13. The Morgan fingerprint density at radius 2 is 1.06 bits per heavy atom. The molecule has 0 unspecified atom stereocenters. The minimum atomic E-state index is -1.74. The van der Waals surface area contributed by atoms with E-state index in [4.69, 9.17) is 5.73 Å². The van der Waals surface area contributed by atoms with Gasteiger partial charge in [0.15, 0.2) is 0 Å². The quantitative estimate of drug-likeness (QED) is 0.0361. The number of likely N-dealkylation sites (tertiary alicyclic amines) is 1. The molecule has 1 aliphatic rings. The van der Waals surface area contributed by atoms with E-state index in [1.807, 2.05) is 13.8 Å². The Balaban J connectivity index is 1.42. The number of aromatic hydroxyl groups is 1. The van der Waals surface area contributed by atoms with E-state index in [0.717, 1.165) is 0 Å². The molecular formula is C49H65N9O13S. The Morgan fingerprint density at radius 3 is 1.51 bits per heavy atom. The van der Waals surface area contributed by atoms with Gasteiger partial charge >= 0.3 is 5.97 Å². The molecule has 0 aromatic heterocycles. The van der Waals surface area contributed by atoms with Crippen molar-refractivity contribution in [3.05, 3.63) is 102 Å². The largest absolute Gasteiger partial charge is 0.508 e. The number of aliphatic hydroxyl groups is 2. The number of rotatable bonds is 27. The van der Waals surface area contributed by atoms with Crippen LogP contribution in [0.4, 0.5) is 0 Å². The summed E-state index contributed by atoms with van der Waals surface area (Å²) < 4.78 is 0. The van der Waals surface area contributed by atoms with Gasteiger partial charge in [-0.05, 0) is 54.0 Å². The van der Waals surface area contributed by atoms with Crippen LogP contribution in [0.5, 0.6) is 5.75 Å². The van der Waals surface area contributed by atoms with Gasteiger partial charge in [-0.1, -0.05) is 86.6 Å². The second-order valence-corrected chi connectivity index (χ2v) is 18.1. The molecule has 3 aromatic carbocycles. The number of nitrogens with one attached hydrogen (secondary N) is 7. The van der Waals surface area contributed by atoms with E-state index in [0.29, 0.717) is 42.5 Å². The molecule has 1 fully saturated rings. The van der Waals surface area contributed by atoms with Gasteiger partial charge in [-0.2, -0.15) is 12.6 Å². The van der Waals surface area contributed by atoms with Crippen LogP contribution in [0, 0.1) is 5.92 Å². The van der Waals surface area contributed by atoms with Crippen LogP contribution in [0.15, 0.2) is 84.9 Å². The monoisotopic (exact) mass is 1020 g/mol. The summed E-state index contributed by atoms with van der Waals surface area (Å²) in [5.74, 6) is -8.36. The summed E-state index contributed by atoms with van der Waals surface area (Å²) >= 11 is 4.14. The molecule has 23 heteroatoms. The van der Waals surface area contributed by atoms with Crippen molar-refractivity contribution >= 4 is 65.9 Å². The van der Waals surface area contributed by atoms with E-state index in [2.05, 4.69) is 49.8 Å². The number of hydrogen-bond acceptors (Lipinski definition) is 14. The molecule has 1 aliphatic heterocycles. The number of phenols is 1. The van der Waals surface area contributed by atoms with Crippen molar-refractivity contribution < 1.29 is 63.6 Å². The molecule has 72 heavy (non-hydrogen) atoms. The van der Waals surface area contributed by atoms with E-state index < -0.39 is 115 Å². The molecule has 13 N–H and O–H groups in total. The molecule has 1 saturated heterocycles. The molecule has 22 nitrogen and oxygen atoms in total. The van der Waals surface area contributed by atoms with Gasteiger partial charge in [0.25, 0.3) is 0 Å². The molecule has 8 amide bonds. The highest BCUT2D eigenvalue weighted by Gasteiger charge is 2.37. The summed E-state index contributed by atoms with van der Waals surface area (Å²) in [6, 6.07) is 11.6. The minimum absolute atomic E-state index is 0.0817. The molecule has 390 valence electrons. The topological polar surface area (TPSA) is 348 Å². The predicted octanol–water partition coefficient (Wildman–Crippen LogP) is -2.19. The summed E-state index contributed by atoms with van der Waals surface area (Å²) in [4.78, 5) is 121. The number of carboxylic acids is 1. The number of aliphatic carboxylic acids is 1. The van der Waals surface area contributed by atoms with Gasteiger partial charge in [-0.3, -0.25) is 38.4 Å². The summed E-state index contributed by atoms with van der Waals surface area (Å²) in [5, 5.41) is 57.3. The van der Waals surface area contributed by atoms with E-state index >= 15 is 0 Å². The third kappa shape index (κ3) is 18.0. The zero-order chi connectivity index (χ0) is 52.9. The fourth-order valence-electron chi connectivity index (χ4n) is 7.79. The number of benzene rings is 3. The first-order chi connectivity index (χ1) is 34.3. The van der Waals surface area contributed by atoms with Gasteiger partial charge in [0, 0.05) is 31.6 Å². The van der Waals surface area contributed by atoms with Crippen molar-refractivity contribution in [1.29, 1.82) is 0 Å². The van der Waals surface area contributed by atoms with Crippen LogP contribution in [-0.4, -0.2) is 159 Å². The Bertz CT molecular complexity index is 2330. The molecule has 0 aliphatic carbocycles. The Kier molecular flexibility index (Phi) is 22.9. The molecule has 4 rings (SSSR count). The van der Waals surface area contributed by atoms with E-state index in [1.54, 1.807) is 60.7 Å². The summed E-state index contributed by atoms with van der Waals surface area (Å²) in [6.45, 7) is 1.60. The van der Waals surface area contributed by atoms with Gasteiger partial charge in [-0.15, -0.1) is 0 Å². The van der Waals surface area contributed by atoms with E-state index in [9.17, 15) is 63.6 Å². The predicted molar refractivity (Wildman–Crippen MR) is 265 cm³/mol. The maximum atomic E-state index is 14.0. The Morgan fingerprint density at radius 1 is 0.625 bits per heavy atom. The summed E-state index contributed by atoms with van der Waals surface area (Å²) in [5.41, 5.74) is 7.65. The number of phenolic OH excluding ortho intramolecular Hbond substituents is 1. The first-order valence-corrected chi connectivity index (χ1v) is 24.0. The third-order valence-corrected chi connectivity index (χ3v) is 12.0. The number of nitrogens with zero attached hydrogens (tertiary/aromatic N) is 1. The van der Waals surface area contributed by atoms with Crippen LogP contribution < -0.4 is 43.0 Å². The molecular weight excluding hydrogens is 955 g/mol. The Hall–Kier alpha value is -7.08. The maximum Gasteiger partial charge on any atom is 0.326 e. The first kappa shape index (κ1) is 57.5. The van der Waals surface area contributed by atoms with Crippen molar-refractivity contribution in [2.24, 2.45) is 11.7 Å².